The third-order valence-electron chi connectivity index (χ3n) is 4.01. The Labute approximate surface area is 113 Å². The third kappa shape index (κ3) is 2.09. The van der Waals surface area contributed by atoms with Gasteiger partial charge in [0.05, 0.1) is 11.3 Å². The fourth-order valence-electron chi connectivity index (χ4n) is 2.75. The second-order valence-corrected chi connectivity index (χ2v) is 5.35. The molecule has 1 fully saturated rings. The number of aryl methyl sites for hydroxylation is 2. The van der Waals surface area contributed by atoms with E-state index in [4.69, 9.17) is 0 Å². The Morgan fingerprint density at radius 3 is 2.58 bits per heavy atom. The van der Waals surface area contributed by atoms with E-state index in [9.17, 15) is 4.79 Å². The van der Waals surface area contributed by atoms with Gasteiger partial charge in [-0.1, -0.05) is 30.7 Å². The maximum absolute atomic E-state index is 12.7. The van der Waals surface area contributed by atoms with Gasteiger partial charge >= 0.3 is 0 Å². The molecule has 1 aliphatic carbocycles. The Morgan fingerprint density at radius 2 is 2.00 bits per heavy atom. The molecule has 0 N–H and O–H groups in total. The molecule has 0 aliphatic heterocycles. The molecule has 0 radical (unpaired) electrons. The minimum Gasteiger partial charge on any atom is -0.288 e. The lowest BCUT2D eigenvalue weighted by Gasteiger charge is -2.27. The Hall–Kier alpha value is -1.90. The van der Waals surface area contributed by atoms with Gasteiger partial charge in [0.25, 0.3) is 0 Å². The topological polar surface area (TPSA) is 34.9 Å². The first-order valence-corrected chi connectivity index (χ1v) is 6.80. The van der Waals surface area contributed by atoms with Crippen molar-refractivity contribution in [3.63, 3.8) is 0 Å². The van der Waals surface area contributed by atoms with Crippen molar-refractivity contribution in [2.75, 3.05) is 0 Å². The molecule has 0 bridgehead atoms. The highest BCUT2D eigenvalue weighted by atomic mass is 16.1. The third-order valence-corrected chi connectivity index (χ3v) is 4.01. The van der Waals surface area contributed by atoms with Gasteiger partial charge in [-0.3, -0.25) is 9.48 Å². The normalized spacial score (nSPS) is 15.3. The molecule has 1 saturated carbocycles. The summed E-state index contributed by atoms with van der Waals surface area (Å²) in [5, 5.41) is 4.26. The maximum atomic E-state index is 12.7. The number of nitrogens with zero attached hydrogens (tertiary/aromatic N) is 2. The smallest absolute Gasteiger partial charge is 0.196 e. The summed E-state index contributed by atoms with van der Waals surface area (Å²) in [4.78, 5) is 12.7. The highest BCUT2D eigenvalue weighted by Crippen LogP contribution is 2.38. The van der Waals surface area contributed by atoms with Gasteiger partial charge in [-0.2, -0.15) is 5.10 Å². The Bertz CT molecular complexity index is 623. The van der Waals surface area contributed by atoms with E-state index in [-0.39, 0.29) is 5.78 Å². The summed E-state index contributed by atoms with van der Waals surface area (Å²) in [7, 11) is 1.85. The van der Waals surface area contributed by atoms with Gasteiger partial charge in [0.2, 0.25) is 0 Å². The molecular formula is C16H18N2O. The van der Waals surface area contributed by atoms with Crippen molar-refractivity contribution in [2.45, 2.75) is 32.1 Å². The highest BCUT2D eigenvalue weighted by Gasteiger charge is 2.25. The van der Waals surface area contributed by atoms with Crippen molar-refractivity contribution in [1.82, 2.24) is 9.78 Å². The summed E-state index contributed by atoms with van der Waals surface area (Å²) in [6.07, 6.45) is 5.50. The molecule has 0 spiro atoms. The minimum absolute atomic E-state index is 0.105. The van der Waals surface area contributed by atoms with E-state index in [1.54, 1.807) is 4.68 Å². The molecule has 0 atom stereocenters. The van der Waals surface area contributed by atoms with E-state index >= 15 is 0 Å². The predicted molar refractivity (Wildman–Crippen MR) is 74.4 cm³/mol. The summed E-state index contributed by atoms with van der Waals surface area (Å²) in [5.74, 6) is 0.672. The van der Waals surface area contributed by atoms with Crippen molar-refractivity contribution in [2.24, 2.45) is 7.05 Å². The molecule has 3 nitrogen and oxygen atoms in total. The van der Waals surface area contributed by atoms with Crippen LogP contribution in [0.2, 0.25) is 0 Å². The van der Waals surface area contributed by atoms with Crippen molar-refractivity contribution in [3.8, 4) is 0 Å². The van der Waals surface area contributed by atoms with Crippen molar-refractivity contribution < 1.29 is 4.79 Å². The van der Waals surface area contributed by atoms with E-state index in [2.05, 4.69) is 11.2 Å². The fraction of sp³-hybridized carbons (Fsp3) is 0.375. The molecule has 2 aromatic rings. The Morgan fingerprint density at radius 1 is 1.26 bits per heavy atom. The van der Waals surface area contributed by atoms with Crippen molar-refractivity contribution in [1.29, 1.82) is 0 Å². The first kappa shape index (κ1) is 12.2. The summed E-state index contributed by atoms with van der Waals surface area (Å²) < 4.78 is 1.70. The van der Waals surface area contributed by atoms with E-state index in [0.717, 1.165) is 11.3 Å². The number of hydrogen-bond acceptors (Lipinski definition) is 2. The van der Waals surface area contributed by atoms with Crippen LogP contribution in [0.4, 0.5) is 0 Å². The zero-order valence-corrected chi connectivity index (χ0v) is 11.4. The molecule has 1 heterocycles. The Balaban J connectivity index is 2.02. The van der Waals surface area contributed by atoms with E-state index in [0.29, 0.717) is 11.5 Å². The SMILES string of the molecule is Cc1nn(C)cc1C(=O)c1ccccc1C1CCC1. The van der Waals surface area contributed by atoms with Gasteiger partial charge in [-0.05, 0) is 31.2 Å². The van der Waals surface area contributed by atoms with Crippen LogP contribution in [0.25, 0.3) is 0 Å². The van der Waals surface area contributed by atoms with Crippen LogP contribution < -0.4 is 0 Å². The second-order valence-electron chi connectivity index (χ2n) is 5.35. The number of carbonyl (C=O) groups is 1. The zero-order valence-electron chi connectivity index (χ0n) is 11.4. The van der Waals surface area contributed by atoms with Crippen LogP contribution in [-0.2, 0) is 7.05 Å². The summed E-state index contributed by atoms with van der Waals surface area (Å²) in [6.45, 7) is 1.89. The van der Waals surface area contributed by atoms with Gasteiger partial charge < -0.3 is 0 Å². The first-order valence-electron chi connectivity index (χ1n) is 6.80. The van der Waals surface area contributed by atoms with E-state index in [1.807, 2.05) is 38.4 Å². The number of carbonyl (C=O) groups excluding carboxylic acids is 1. The lowest BCUT2D eigenvalue weighted by Crippen LogP contribution is -2.14. The van der Waals surface area contributed by atoms with Crippen molar-refractivity contribution in [3.05, 3.63) is 52.8 Å². The lowest BCUT2D eigenvalue weighted by atomic mass is 9.77. The van der Waals surface area contributed by atoms with Crippen LogP contribution in [0.1, 0.15) is 52.4 Å². The number of hydrogen-bond donors (Lipinski definition) is 0. The average molecular weight is 254 g/mol. The van der Waals surface area contributed by atoms with Gasteiger partial charge in [0.1, 0.15) is 0 Å². The van der Waals surface area contributed by atoms with Crippen LogP contribution >= 0.6 is 0 Å². The Kier molecular flexibility index (Phi) is 2.97. The molecule has 1 aromatic heterocycles. The summed E-state index contributed by atoms with van der Waals surface area (Å²) >= 11 is 0. The van der Waals surface area contributed by atoms with Gasteiger partial charge in [0, 0.05) is 18.8 Å². The molecule has 3 heteroatoms. The average Bonchev–Trinajstić information content (AvgIpc) is 2.66. The van der Waals surface area contributed by atoms with Crippen LogP contribution in [-0.4, -0.2) is 15.6 Å². The molecule has 0 amide bonds. The molecule has 0 saturated heterocycles. The summed E-state index contributed by atoms with van der Waals surface area (Å²) in [6, 6.07) is 8.02. The molecule has 3 rings (SSSR count). The van der Waals surface area contributed by atoms with Crippen LogP contribution in [0.15, 0.2) is 30.5 Å². The second kappa shape index (κ2) is 4.65. The molecule has 98 valence electrons. The lowest BCUT2D eigenvalue weighted by molar-refractivity contribution is 0.103. The van der Waals surface area contributed by atoms with E-state index in [1.165, 1.54) is 24.8 Å². The van der Waals surface area contributed by atoms with E-state index < -0.39 is 0 Å². The summed E-state index contributed by atoms with van der Waals surface area (Å²) in [5.41, 5.74) is 3.58. The molecule has 0 unspecified atom stereocenters. The quantitative estimate of drug-likeness (QED) is 0.788. The van der Waals surface area contributed by atoms with Crippen LogP contribution in [0.3, 0.4) is 0 Å². The highest BCUT2D eigenvalue weighted by molar-refractivity contribution is 6.10. The molecule has 19 heavy (non-hydrogen) atoms. The number of aromatic nitrogens is 2. The van der Waals surface area contributed by atoms with Gasteiger partial charge in [-0.15, -0.1) is 0 Å². The molecular weight excluding hydrogens is 236 g/mol. The number of rotatable bonds is 3. The van der Waals surface area contributed by atoms with Gasteiger partial charge in [-0.25, -0.2) is 0 Å². The molecule has 1 aromatic carbocycles. The van der Waals surface area contributed by atoms with Crippen LogP contribution in [0.5, 0.6) is 0 Å². The number of ketones is 1. The zero-order chi connectivity index (χ0) is 13.4. The molecule has 1 aliphatic rings. The minimum atomic E-state index is 0.105. The maximum Gasteiger partial charge on any atom is 0.196 e. The standard InChI is InChI=1S/C16H18N2O/c1-11-15(10-18(2)17-11)16(19)14-9-4-3-8-13(14)12-6-5-7-12/h3-4,8-10,12H,5-7H2,1-2H3. The monoisotopic (exact) mass is 254 g/mol. The van der Waals surface area contributed by atoms with Gasteiger partial charge in [0.15, 0.2) is 5.78 Å². The largest absolute Gasteiger partial charge is 0.288 e. The number of benzene rings is 1. The fourth-order valence-corrected chi connectivity index (χ4v) is 2.75. The first-order chi connectivity index (χ1) is 9.16. The van der Waals surface area contributed by atoms with Crippen LogP contribution in [0, 0.1) is 6.92 Å². The predicted octanol–water partition coefficient (Wildman–Crippen LogP) is 3.23. The van der Waals surface area contributed by atoms with Crippen molar-refractivity contribution >= 4 is 5.78 Å².